The number of carbonyl (C=O) groups is 1. The summed E-state index contributed by atoms with van der Waals surface area (Å²) in [5.41, 5.74) is -0.0347. The largest absolute Gasteiger partial charge is 0.478 e. The molecular formula is C18H22ClNO3. The van der Waals surface area contributed by atoms with Crippen LogP contribution >= 0.6 is 11.6 Å². The molecule has 1 aromatic heterocycles. The van der Waals surface area contributed by atoms with Crippen molar-refractivity contribution in [2.75, 3.05) is 0 Å². The van der Waals surface area contributed by atoms with E-state index in [0.717, 1.165) is 17.1 Å². The Morgan fingerprint density at radius 1 is 1.26 bits per heavy atom. The zero-order valence-corrected chi connectivity index (χ0v) is 14.8. The number of hydrogen-bond acceptors (Lipinski definition) is 3. The summed E-state index contributed by atoms with van der Waals surface area (Å²) < 4.78 is 11.3. The molecule has 2 rings (SSSR count). The molecule has 1 heterocycles. The molecule has 0 saturated carbocycles. The second-order valence-corrected chi connectivity index (χ2v) is 6.57. The number of hydrogen-bond donors (Lipinski definition) is 1. The first-order valence-electron chi connectivity index (χ1n) is 7.51. The van der Waals surface area contributed by atoms with Gasteiger partial charge in [0.05, 0.1) is 6.04 Å². The van der Waals surface area contributed by atoms with Crippen molar-refractivity contribution >= 4 is 17.5 Å². The molecule has 1 atom stereocenters. The number of benzene rings is 1. The molecule has 0 aliphatic carbocycles. The van der Waals surface area contributed by atoms with E-state index >= 15 is 0 Å². The van der Waals surface area contributed by atoms with Crippen LogP contribution in [-0.4, -0.2) is 11.5 Å². The van der Waals surface area contributed by atoms with Gasteiger partial charge in [0.15, 0.2) is 5.60 Å². The highest BCUT2D eigenvalue weighted by Crippen LogP contribution is 2.24. The number of nitrogens with one attached hydrogen (secondary N) is 1. The quantitative estimate of drug-likeness (QED) is 0.869. The van der Waals surface area contributed by atoms with Crippen LogP contribution < -0.4 is 10.1 Å². The van der Waals surface area contributed by atoms with Gasteiger partial charge in [-0.25, -0.2) is 0 Å². The van der Waals surface area contributed by atoms with Crippen molar-refractivity contribution < 1.29 is 13.9 Å². The van der Waals surface area contributed by atoms with Crippen molar-refractivity contribution in [2.45, 2.75) is 46.3 Å². The number of carbonyl (C=O) groups excluding carboxylic acids is 1. The third-order valence-electron chi connectivity index (χ3n) is 3.63. The predicted octanol–water partition coefficient (Wildman–Crippen LogP) is 4.58. The Labute approximate surface area is 141 Å². The average Bonchev–Trinajstić information content (AvgIpc) is 2.80. The van der Waals surface area contributed by atoms with Crippen molar-refractivity contribution in [3.8, 4) is 5.75 Å². The zero-order valence-electron chi connectivity index (χ0n) is 14.1. The van der Waals surface area contributed by atoms with E-state index in [1.807, 2.05) is 26.8 Å². The molecule has 1 aromatic carbocycles. The van der Waals surface area contributed by atoms with Crippen molar-refractivity contribution in [3.63, 3.8) is 0 Å². The van der Waals surface area contributed by atoms with Gasteiger partial charge in [0, 0.05) is 10.6 Å². The molecule has 0 spiro atoms. The Balaban J connectivity index is 2.05. The van der Waals surface area contributed by atoms with Crippen LogP contribution in [0.2, 0.25) is 5.02 Å². The minimum Gasteiger partial charge on any atom is -0.478 e. The molecule has 0 radical (unpaired) electrons. The van der Waals surface area contributed by atoms with Gasteiger partial charge in [0.2, 0.25) is 0 Å². The Kier molecular flexibility index (Phi) is 5.05. The average molecular weight is 336 g/mol. The lowest BCUT2D eigenvalue weighted by molar-refractivity contribution is -0.134. The molecule has 1 N–H and O–H groups in total. The van der Waals surface area contributed by atoms with E-state index in [4.69, 9.17) is 20.8 Å². The highest BCUT2D eigenvalue weighted by atomic mass is 35.5. The third-order valence-corrected chi connectivity index (χ3v) is 3.88. The molecule has 1 amide bonds. The van der Waals surface area contributed by atoms with E-state index in [1.54, 1.807) is 38.1 Å². The standard InChI is InChI=1S/C18H22ClNO3/c1-11-10-16(13(3)22-11)12(2)20-17(21)18(4,5)23-15-8-6-14(19)7-9-15/h6-10,12H,1-5H3,(H,20,21). The SMILES string of the molecule is Cc1cc(C(C)NC(=O)C(C)(C)Oc2ccc(Cl)cc2)c(C)o1. The molecule has 0 saturated heterocycles. The lowest BCUT2D eigenvalue weighted by Gasteiger charge is -2.27. The van der Waals surface area contributed by atoms with E-state index in [-0.39, 0.29) is 11.9 Å². The summed E-state index contributed by atoms with van der Waals surface area (Å²) in [4.78, 5) is 12.5. The van der Waals surface area contributed by atoms with E-state index in [1.165, 1.54) is 0 Å². The Hall–Kier alpha value is -1.94. The highest BCUT2D eigenvalue weighted by Gasteiger charge is 2.31. The summed E-state index contributed by atoms with van der Waals surface area (Å²) in [5.74, 6) is 2.04. The molecule has 0 aliphatic heterocycles. The van der Waals surface area contributed by atoms with Gasteiger partial charge in [-0.3, -0.25) is 4.79 Å². The fourth-order valence-electron chi connectivity index (χ4n) is 2.37. The van der Waals surface area contributed by atoms with Crippen LogP contribution in [-0.2, 0) is 4.79 Å². The fourth-order valence-corrected chi connectivity index (χ4v) is 2.50. The van der Waals surface area contributed by atoms with Crippen LogP contribution in [0.15, 0.2) is 34.7 Å². The van der Waals surface area contributed by atoms with E-state index in [9.17, 15) is 4.79 Å². The minimum atomic E-state index is -1.01. The summed E-state index contributed by atoms with van der Waals surface area (Å²) in [7, 11) is 0. The maximum atomic E-state index is 12.5. The first kappa shape index (κ1) is 17.4. The van der Waals surface area contributed by atoms with Crippen LogP contribution in [0.5, 0.6) is 5.75 Å². The lowest BCUT2D eigenvalue weighted by Crippen LogP contribution is -2.47. The van der Waals surface area contributed by atoms with Crippen LogP contribution in [0.25, 0.3) is 0 Å². The summed E-state index contributed by atoms with van der Waals surface area (Å²) in [6, 6.07) is 8.71. The monoisotopic (exact) mass is 335 g/mol. The van der Waals surface area contributed by atoms with Gasteiger partial charge in [0.25, 0.3) is 5.91 Å². The minimum absolute atomic E-state index is 0.159. The van der Waals surface area contributed by atoms with Gasteiger partial charge in [-0.05, 0) is 65.0 Å². The first-order valence-corrected chi connectivity index (χ1v) is 7.89. The Morgan fingerprint density at radius 3 is 2.39 bits per heavy atom. The number of furan rings is 1. The lowest BCUT2D eigenvalue weighted by atomic mass is 10.1. The van der Waals surface area contributed by atoms with Crippen LogP contribution in [0.3, 0.4) is 0 Å². The zero-order chi connectivity index (χ0) is 17.2. The summed E-state index contributed by atoms with van der Waals surface area (Å²) in [6.07, 6.45) is 0. The van der Waals surface area contributed by atoms with Gasteiger partial charge in [0.1, 0.15) is 17.3 Å². The molecule has 0 fully saturated rings. The molecule has 1 unspecified atom stereocenters. The fraction of sp³-hybridized carbons (Fsp3) is 0.389. The van der Waals surface area contributed by atoms with Crippen molar-refractivity contribution in [2.24, 2.45) is 0 Å². The second-order valence-electron chi connectivity index (χ2n) is 6.13. The Bertz CT molecular complexity index is 689. The van der Waals surface area contributed by atoms with E-state index in [0.29, 0.717) is 10.8 Å². The van der Waals surface area contributed by atoms with Gasteiger partial charge in [-0.1, -0.05) is 11.6 Å². The summed E-state index contributed by atoms with van der Waals surface area (Å²) in [5, 5.41) is 3.60. The van der Waals surface area contributed by atoms with Crippen molar-refractivity contribution in [3.05, 3.63) is 52.4 Å². The van der Waals surface area contributed by atoms with Gasteiger partial charge in [-0.2, -0.15) is 0 Å². The summed E-state index contributed by atoms with van der Waals surface area (Å²) >= 11 is 5.86. The smallest absolute Gasteiger partial charge is 0.264 e. The number of aryl methyl sites for hydroxylation is 2. The van der Waals surface area contributed by atoms with E-state index < -0.39 is 5.60 Å². The predicted molar refractivity (Wildman–Crippen MR) is 90.9 cm³/mol. The molecule has 0 bridgehead atoms. The molecular weight excluding hydrogens is 314 g/mol. The van der Waals surface area contributed by atoms with Crippen LogP contribution in [0.1, 0.15) is 43.9 Å². The first-order chi connectivity index (χ1) is 10.7. The molecule has 2 aromatic rings. The summed E-state index contributed by atoms with van der Waals surface area (Å²) in [6.45, 7) is 9.17. The van der Waals surface area contributed by atoms with Gasteiger partial charge in [-0.15, -0.1) is 0 Å². The maximum Gasteiger partial charge on any atom is 0.264 e. The molecule has 23 heavy (non-hydrogen) atoms. The number of amides is 1. The van der Waals surface area contributed by atoms with Crippen LogP contribution in [0, 0.1) is 13.8 Å². The number of ether oxygens (including phenoxy) is 1. The normalized spacial score (nSPS) is 12.8. The Morgan fingerprint density at radius 2 is 1.87 bits per heavy atom. The van der Waals surface area contributed by atoms with Crippen molar-refractivity contribution in [1.82, 2.24) is 5.32 Å². The maximum absolute atomic E-state index is 12.5. The molecule has 0 aliphatic rings. The van der Waals surface area contributed by atoms with Gasteiger partial charge < -0.3 is 14.5 Å². The van der Waals surface area contributed by atoms with E-state index in [2.05, 4.69) is 5.32 Å². The number of halogens is 1. The van der Waals surface area contributed by atoms with Crippen molar-refractivity contribution in [1.29, 1.82) is 0 Å². The molecule has 5 heteroatoms. The number of rotatable bonds is 5. The highest BCUT2D eigenvalue weighted by molar-refractivity contribution is 6.30. The molecule has 4 nitrogen and oxygen atoms in total. The molecule has 124 valence electrons. The topological polar surface area (TPSA) is 51.5 Å². The van der Waals surface area contributed by atoms with Gasteiger partial charge >= 0.3 is 0 Å². The second kappa shape index (κ2) is 6.67. The third kappa shape index (κ3) is 4.29. The van der Waals surface area contributed by atoms with Crippen LogP contribution in [0.4, 0.5) is 0 Å².